The summed E-state index contributed by atoms with van der Waals surface area (Å²) in [5.74, 6) is 0.998. The lowest BCUT2D eigenvalue weighted by molar-refractivity contribution is 0.389. The normalized spacial score (nSPS) is 13.2. The molecule has 0 aromatic heterocycles. The van der Waals surface area contributed by atoms with Gasteiger partial charge in [-0.2, -0.15) is 0 Å². The summed E-state index contributed by atoms with van der Waals surface area (Å²) in [6.45, 7) is 8.50. The van der Waals surface area contributed by atoms with Crippen molar-refractivity contribution in [2.75, 3.05) is 0 Å². The van der Waals surface area contributed by atoms with Crippen LogP contribution in [0.4, 0.5) is 0 Å². The highest BCUT2D eigenvalue weighted by molar-refractivity contribution is 4.60. The highest BCUT2D eigenvalue weighted by Gasteiger charge is 2.05. The highest BCUT2D eigenvalue weighted by Crippen LogP contribution is 2.21. The fourth-order valence-electron chi connectivity index (χ4n) is 1.96. The molecule has 1 unspecified atom stereocenters. The molecule has 0 aromatic carbocycles. The van der Waals surface area contributed by atoms with Crippen LogP contribution in [0.15, 0.2) is 0 Å². The first-order valence-electron chi connectivity index (χ1n) is 6.14. The Balaban J connectivity index is 3.41. The zero-order valence-corrected chi connectivity index (χ0v) is 9.65. The van der Waals surface area contributed by atoms with Gasteiger partial charge in [-0.3, -0.25) is 0 Å². The van der Waals surface area contributed by atoms with Gasteiger partial charge in [-0.15, -0.1) is 0 Å². The maximum atomic E-state index is 3.91. The van der Waals surface area contributed by atoms with Crippen molar-refractivity contribution < 1.29 is 0 Å². The second-order valence-corrected chi connectivity index (χ2v) is 4.15. The van der Waals surface area contributed by atoms with E-state index in [0.717, 1.165) is 12.3 Å². The molecule has 0 saturated heterocycles. The van der Waals surface area contributed by atoms with Gasteiger partial charge in [0.15, 0.2) is 0 Å². The SMILES string of the molecule is [CH2]CCCC(CCC)CCCCC. The van der Waals surface area contributed by atoms with E-state index in [1.54, 1.807) is 0 Å². The Morgan fingerprint density at radius 1 is 0.846 bits per heavy atom. The molecule has 0 heterocycles. The molecule has 0 saturated carbocycles. The van der Waals surface area contributed by atoms with Crippen molar-refractivity contribution in [3.63, 3.8) is 0 Å². The van der Waals surface area contributed by atoms with E-state index in [1.165, 1.54) is 51.4 Å². The number of unbranched alkanes of at least 4 members (excludes halogenated alkanes) is 3. The van der Waals surface area contributed by atoms with Crippen molar-refractivity contribution in [3.05, 3.63) is 6.92 Å². The first-order valence-corrected chi connectivity index (χ1v) is 6.14. The van der Waals surface area contributed by atoms with Crippen molar-refractivity contribution in [1.29, 1.82) is 0 Å². The summed E-state index contributed by atoms with van der Waals surface area (Å²) in [5, 5.41) is 0. The van der Waals surface area contributed by atoms with Gasteiger partial charge in [0.2, 0.25) is 0 Å². The summed E-state index contributed by atoms with van der Waals surface area (Å²) in [7, 11) is 0. The zero-order chi connectivity index (χ0) is 9.94. The Morgan fingerprint density at radius 3 is 2.08 bits per heavy atom. The lowest BCUT2D eigenvalue weighted by Crippen LogP contribution is -2.00. The Morgan fingerprint density at radius 2 is 1.54 bits per heavy atom. The number of hydrogen-bond acceptors (Lipinski definition) is 0. The number of hydrogen-bond donors (Lipinski definition) is 0. The van der Waals surface area contributed by atoms with Gasteiger partial charge < -0.3 is 0 Å². The molecule has 0 aliphatic rings. The van der Waals surface area contributed by atoms with Crippen LogP contribution in [-0.4, -0.2) is 0 Å². The molecule has 0 N–H and O–H groups in total. The average Bonchev–Trinajstić information content (AvgIpc) is 2.14. The van der Waals surface area contributed by atoms with Crippen LogP contribution in [-0.2, 0) is 0 Å². The molecular weight excluding hydrogens is 156 g/mol. The van der Waals surface area contributed by atoms with Crippen molar-refractivity contribution >= 4 is 0 Å². The molecule has 0 aromatic rings. The summed E-state index contributed by atoms with van der Waals surface area (Å²) in [5.41, 5.74) is 0. The molecule has 0 aliphatic carbocycles. The third-order valence-electron chi connectivity index (χ3n) is 2.78. The molecule has 0 nitrogen and oxygen atoms in total. The van der Waals surface area contributed by atoms with Crippen LogP contribution in [0, 0.1) is 12.8 Å². The largest absolute Gasteiger partial charge is 0.0654 e. The maximum Gasteiger partial charge on any atom is -0.0414 e. The van der Waals surface area contributed by atoms with E-state index >= 15 is 0 Å². The molecule has 1 atom stereocenters. The number of rotatable bonds is 9. The molecular formula is C13H27. The van der Waals surface area contributed by atoms with E-state index in [-0.39, 0.29) is 0 Å². The van der Waals surface area contributed by atoms with Crippen molar-refractivity contribution in [3.8, 4) is 0 Å². The van der Waals surface area contributed by atoms with Gasteiger partial charge in [0, 0.05) is 0 Å². The highest BCUT2D eigenvalue weighted by atomic mass is 14.1. The van der Waals surface area contributed by atoms with Crippen LogP contribution in [0.2, 0.25) is 0 Å². The summed E-state index contributed by atoms with van der Waals surface area (Å²) < 4.78 is 0. The van der Waals surface area contributed by atoms with Gasteiger partial charge in [0.05, 0.1) is 0 Å². The monoisotopic (exact) mass is 183 g/mol. The predicted molar refractivity (Wildman–Crippen MR) is 61.7 cm³/mol. The maximum absolute atomic E-state index is 3.91. The molecule has 79 valence electrons. The van der Waals surface area contributed by atoms with Crippen LogP contribution >= 0.6 is 0 Å². The molecule has 1 radical (unpaired) electrons. The van der Waals surface area contributed by atoms with E-state index in [2.05, 4.69) is 20.8 Å². The average molecular weight is 183 g/mol. The second kappa shape index (κ2) is 10.1. The lowest BCUT2D eigenvalue weighted by atomic mass is 9.92. The molecule has 0 spiro atoms. The first kappa shape index (κ1) is 13.0. The zero-order valence-electron chi connectivity index (χ0n) is 9.65. The fourth-order valence-corrected chi connectivity index (χ4v) is 1.96. The lowest BCUT2D eigenvalue weighted by Gasteiger charge is -2.14. The van der Waals surface area contributed by atoms with Gasteiger partial charge in [-0.05, 0) is 5.92 Å². The van der Waals surface area contributed by atoms with E-state index in [9.17, 15) is 0 Å². The van der Waals surface area contributed by atoms with Crippen LogP contribution in [0.3, 0.4) is 0 Å². The van der Waals surface area contributed by atoms with Gasteiger partial charge >= 0.3 is 0 Å². The molecule has 0 fully saturated rings. The molecule has 0 amide bonds. The van der Waals surface area contributed by atoms with Crippen molar-refractivity contribution in [1.82, 2.24) is 0 Å². The van der Waals surface area contributed by atoms with Gasteiger partial charge in [-0.25, -0.2) is 0 Å². The fraction of sp³-hybridized carbons (Fsp3) is 0.923. The first-order chi connectivity index (χ1) is 6.35. The molecule has 0 aliphatic heterocycles. The van der Waals surface area contributed by atoms with E-state index in [1.807, 2.05) is 0 Å². The smallest absolute Gasteiger partial charge is 0.0414 e. The Hall–Kier alpha value is 0. The minimum atomic E-state index is 0.998. The third-order valence-corrected chi connectivity index (χ3v) is 2.78. The van der Waals surface area contributed by atoms with E-state index in [4.69, 9.17) is 0 Å². The quantitative estimate of drug-likeness (QED) is 0.442. The van der Waals surface area contributed by atoms with E-state index in [0.29, 0.717) is 0 Å². The summed E-state index contributed by atoms with van der Waals surface area (Å²) in [6.07, 6.45) is 12.3. The Labute approximate surface area is 85.1 Å². The van der Waals surface area contributed by atoms with Crippen LogP contribution in [0.5, 0.6) is 0 Å². The van der Waals surface area contributed by atoms with Crippen LogP contribution in [0.25, 0.3) is 0 Å². The predicted octanol–water partition coefficient (Wildman–Crippen LogP) is 4.99. The minimum absolute atomic E-state index is 0.998. The topological polar surface area (TPSA) is 0 Å². The Bertz CT molecular complexity index is 86.0. The molecule has 0 bridgehead atoms. The third kappa shape index (κ3) is 8.33. The Kier molecular flexibility index (Phi) is 10.1. The molecule has 0 heteroatoms. The summed E-state index contributed by atoms with van der Waals surface area (Å²) >= 11 is 0. The standard InChI is InChI=1S/C13H27/c1-4-7-9-12-13(10-6-3)11-8-5-2/h13H,2,4-12H2,1,3H3. The molecule has 13 heavy (non-hydrogen) atoms. The van der Waals surface area contributed by atoms with Crippen molar-refractivity contribution in [2.24, 2.45) is 5.92 Å². The van der Waals surface area contributed by atoms with E-state index < -0.39 is 0 Å². The summed E-state index contributed by atoms with van der Waals surface area (Å²) in [6, 6.07) is 0. The van der Waals surface area contributed by atoms with Gasteiger partial charge in [0.25, 0.3) is 0 Å². The second-order valence-electron chi connectivity index (χ2n) is 4.15. The van der Waals surface area contributed by atoms with Crippen LogP contribution in [0.1, 0.15) is 71.6 Å². The van der Waals surface area contributed by atoms with Crippen molar-refractivity contribution in [2.45, 2.75) is 71.6 Å². The molecule has 0 rings (SSSR count). The van der Waals surface area contributed by atoms with Gasteiger partial charge in [-0.1, -0.05) is 78.6 Å². The van der Waals surface area contributed by atoms with Crippen LogP contribution < -0.4 is 0 Å². The summed E-state index contributed by atoms with van der Waals surface area (Å²) in [4.78, 5) is 0. The van der Waals surface area contributed by atoms with Gasteiger partial charge in [0.1, 0.15) is 0 Å². The minimum Gasteiger partial charge on any atom is -0.0654 e.